The quantitative estimate of drug-likeness (QED) is 0.763. The average molecular weight is 297 g/mol. The fraction of sp³-hybridized carbons (Fsp3) is 0.421. The Morgan fingerprint density at radius 2 is 2.00 bits per heavy atom. The molecular formula is C19H23NO2. The molecule has 3 nitrogen and oxygen atoms in total. The molecule has 2 aromatic rings. The Morgan fingerprint density at radius 1 is 1.23 bits per heavy atom. The van der Waals surface area contributed by atoms with Gasteiger partial charge in [-0.1, -0.05) is 44.2 Å². The topological polar surface area (TPSA) is 31.2 Å². The predicted molar refractivity (Wildman–Crippen MR) is 87.2 cm³/mol. The summed E-state index contributed by atoms with van der Waals surface area (Å²) in [6.07, 6.45) is 1.00. The highest BCUT2D eigenvalue weighted by molar-refractivity contribution is 6.08. The van der Waals surface area contributed by atoms with Crippen molar-refractivity contribution in [2.45, 2.75) is 26.8 Å². The van der Waals surface area contributed by atoms with E-state index in [9.17, 15) is 4.79 Å². The SMILES string of the molecule is CC(C)COCC1Cc2ccc(C(=O)c3ccccc3)n2C1. The molecule has 3 rings (SSSR count). The number of aromatic nitrogens is 1. The molecule has 1 aliphatic heterocycles. The maximum atomic E-state index is 12.6. The van der Waals surface area contributed by atoms with Crippen molar-refractivity contribution in [2.24, 2.45) is 11.8 Å². The first kappa shape index (κ1) is 15.0. The highest BCUT2D eigenvalue weighted by atomic mass is 16.5. The van der Waals surface area contributed by atoms with Crippen LogP contribution in [-0.4, -0.2) is 23.6 Å². The largest absolute Gasteiger partial charge is 0.381 e. The molecule has 1 unspecified atom stereocenters. The summed E-state index contributed by atoms with van der Waals surface area (Å²) in [7, 11) is 0. The average Bonchev–Trinajstić information content (AvgIpc) is 3.07. The number of carbonyl (C=O) groups is 1. The molecule has 0 aliphatic carbocycles. The number of rotatable bonds is 6. The first-order chi connectivity index (χ1) is 10.6. The Labute approximate surface area is 131 Å². The summed E-state index contributed by atoms with van der Waals surface area (Å²) < 4.78 is 7.93. The molecule has 0 radical (unpaired) electrons. The molecule has 0 bridgehead atoms. The van der Waals surface area contributed by atoms with Gasteiger partial charge in [-0.3, -0.25) is 4.79 Å². The Morgan fingerprint density at radius 3 is 2.73 bits per heavy atom. The Balaban J connectivity index is 1.68. The molecule has 0 N–H and O–H groups in total. The maximum Gasteiger partial charge on any atom is 0.209 e. The Kier molecular flexibility index (Phi) is 4.44. The third-order valence-corrected chi connectivity index (χ3v) is 4.08. The van der Waals surface area contributed by atoms with Gasteiger partial charge in [-0.2, -0.15) is 0 Å². The summed E-state index contributed by atoms with van der Waals surface area (Å²) >= 11 is 0. The lowest BCUT2D eigenvalue weighted by Gasteiger charge is -2.12. The summed E-state index contributed by atoms with van der Waals surface area (Å²) in [6.45, 7) is 6.79. The molecule has 2 heterocycles. The van der Waals surface area contributed by atoms with Crippen LogP contribution in [0.2, 0.25) is 0 Å². The smallest absolute Gasteiger partial charge is 0.209 e. The molecule has 0 spiro atoms. The van der Waals surface area contributed by atoms with Crippen molar-refractivity contribution in [3.63, 3.8) is 0 Å². The zero-order valence-corrected chi connectivity index (χ0v) is 13.3. The predicted octanol–water partition coefficient (Wildman–Crippen LogP) is 3.56. The lowest BCUT2D eigenvalue weighted by atomic mass is 10.1. The van der Waals surface area contributed by atoms with E-state index in [1.54, 1.807) is 0 Å². The van der Waals surface area contributed by atoms with Crippen molar-refractivity contribution in [1.82, 2.24) is 4.57 Å². The van der Waals surface area contributed by atoms with E-state index in [0.717, 1.165) is 37.4 Å². The van der Waals surface area contributed by atoms with Crippen LogP contribution in [0.3, 0.4) is 0 Å². The number of hydrogen-bond acceptors (Lipinski definition) is 2. The van der Waals surface area contributed by atoms with Gasteiger partial charge in [0.25, 0.3) is 0 Å². The molecule has 0 saturated carbocycles. The van der Waals surface area contributed by atoms with E-state index < -0.39 is 0 Å². The van der Waals surface area contributed by atoms with E-state index >= 15 is 0 Å². The van der Waals surface area contributed by atoms with E-state index in [-0.39, 0.29) is 5.78 Å². The van der Waals surface area contributed by atoms with Gasteiger partial charge in [0, 0.05) is 30.3 Å². The standard InChI is InChI=1S/C19H23NO2/c1-14(2)12-22-13-15-10-17-8-9-18(20(17)11-15)19(21)16-6-4-3-5-7-16/h3-9,14-15H,10-13H2,1-2H3. The second-order valence-corrected chi connectivity index (χ2v) is 6.52. The van der Waals surface area contributed by atoms with Gasteiger partial charge in [-0.05, 0) is 24.5 Å². The van der Waals surface area contributed by atoms with Gasteiger partial charge in [0.05, 0.1) is 12.3 Å². The van der Waals surface area contributed by atoms with Crippen LogP contribution in [0.5, 0.6) is 0 Å². The number of carbonyl (C=O) groups excluding carboxylic acids is 1. The highest BCUT2D eigenvalue weighted by Gasteiger charge is 2.26. The van der Waals surface area contributed by atoms with Crippen LogP contribution in [0.25, 0.3) is 0 Å². The molecule has 0 amide bonds. The number of benzene rings is 1. The van der Waals surface area contributed by atoms with Crippen LogP contribution in [0, 0.1) is 11.8 Å². The van der Waals surface area contributed by atoms with Crippen molar-refractivity contribution in [1.29, 1.82) is 0 Å². The van der Waals surface area contributed by atoms with Crippen LogP contribution in [0.1, 0.15) is 35.6 Å². The molecule has 1 aromatic heterocycles. The summed E-state index contributed by atoms with van der Waals surface area (Å²) in [4.78, 5) is 12.6. The van der Waals surface area contributed by atoms with E-state index in [0.29, 0.717) is 11.8 Å². The van der Waals surface area contributed by atoms with Crippen LogP contribution < -0.4 is 0 Å². The van der Waals surface area contributed by atoms with Crippen LogP contribution in [0.4, 0.5) is 0 Å². The van der Waals surface area contributed by atoms with Gasteiger partial charge in [0.1, 0.15) is 0 Å². The summed E-state index contributed by atoms with van der Waals surface area (Å²) in [5.74, 6) is 1.16. The maximum absolute atomic E-state index is 12.6. The van der Waals surface area contributed by atoms with Gasteiger partial charge in [-0.25, -0.2) is 0 Å². The number of ether oxygens (including phenoxy) is 1. The summed E-state index contributed by atoms with van der Waals surface area (Å²) in [6, 6.07) is 13.5. The molecule has 116 valence electrons. The van der Waals surface area contributed by atoms with Gasteiger partial charge in [-0.15, -0.1) is 0 Å². The Hall–Kier alpha value is -1.87. The second kappa shape index (κ2) is 6.49. The van der Waals surface area contributed by atoms with Crippen molar-refractivity contribution < 1.29 is 9.53 Å². The number of ketones is 1. The normalized spacial score (nSPS) is 17.0. The van der Waals surface area contributed by atoms with Crippen LogP contribution >= 0.6 is 0 Å². The number of hydrogen-bond donors (Lipinski definition) is 0. The van der Waals surface area contributed by atoms with Crippen molar-refractivity contribution >= 4 is 5.78 Å². The first-order valence-corrected chi connectivity index (χ1v) is 8.01. The van der Waals surface area contributed by atoms with Crippen molar-refractivity contribution in [3.05, 3.63) is 59.4 Å². The van der Waals surface area contributed by atoms with Crippen LogP contribution in [-0.2, 0) is 17.7 Å². The third-order valence-electron chi connectivity index (χ3n) is 4.08. The van der Waals surface area contributed by atoms with E-state index in [4.69, 9.17) is 4.74 Å². The molecule has 3 heteroatoms. The lowest BCUT2D eigenvalue weighted by molar-refractivity contribution is 0.0792. The molecular weight excluding hydrogens is 274 g/mol. The van der Waals surface area contributed by atoms with E-state index in [1.807, 2.05) is 36.4 Å². The fourth-order valence-electron chi connectivity index (χ4n) is 3.04. The summed E-state index contributed by atoms with van der Waals surface area (Å²) in [5, 5.41) is 0. The molecule has 0 saturated heterocycles. The van der Waals surface area contributed by atoms with Crippen molar-refractivity contribution in [3.8, 4) is 0 Å². The lowest BCUT2D eigenvalue weighted by Crippen LogP contribution is -2.15. The minimum Gasteiger partial charge on any atom is -0.381 e. The van der Waals surface area contributed by atoms with Gasteiger partial charge < -0.3 is 9.30 Å². The molecule has 22 heavy (non-hydrogen) atoms. The van der Waals surface area contributed by atoms with E-state index in [2.05, 4.69) is 24.5 Å². The minimum absolute atomic E-state index is 0.107. The van der Waals surface area contributed by atoms with Crippen LogP contribution in [0.15, 0.2) is 42.5 Å². The fourth-order valence-corrected chi connectivity index (χ4v) is 3.04. The molecule has 0 fully saturated rings. The van der Waals surface area contributed by atoms with Gasteiger partial charge in [0.15, 0.2) is 0 Å². The number of fused-ring (bicyclic) bond motifs is 1. The van der Waals surface area contributed by atoms with E-state index in [1.165, 1.54) is 5.69 Å². The first-order valence-electron chi connectivity index (χ1n) is 8.01. The van der Waals surface area contributed by atoms with Crippen molar-refractivity contribution in [2.75, 3.05) is 13.2 Å². The zero-order valence-electron chi connectivity index (χ0n) is 13.3. The molecule has 1 atom stereocenters. The highest BCUT2D eigenvalue weighted by Crippen LogP contribution is 2.25. The van der Waals surface area contributed by atoms with Gasteiger partial charge in [0.2, 0.25) is 5.78 Å². The van der Waals surface area contributed by atoms with Gasteiger partial charge >= 0.3 is 0 Å². The third kappa shape index (κ3) is 3.14. The molecule has 1 aliphatic rings. The number of nitrogens with zero attached hydrogens (tertiary/aromatic N) is 1. The monoisotopic (exact) mass is 297 g/mol. The molecule has 1 aromatic carbocycles. The summed E-state index contributed by atoms with van der Waals surface area (Å²) in [5.41, 5.74) is 2.80. The Bertz CT molecular complexity index is 643. The minimum atomic E-state index is 0.107. The zero-order chi connectivity index (χ0) is 15.5. The second-order valence-electron chi connectivity index (χ2n) is 6.52.